The van der Waals surface area contributed by atoms with Gasteiger partial charge in [-0.15, -0.1) is 0 Å². The van der Waals surface area contributed by atoms with Gasteiger partial charge < -0.3 is 39.7 Å². The standard InChI is InChI=1S/C70H100N8O11/c1-18-44(9)51-39-57(79)55-32-25-33-78(55)67(85)56(37-47-28-23-29-48(35-47)50-30-24-31-54-52(50)40-71-77(54)17)73(13)66(84)53(36-46-26-21-20-22-27-46)72-63(81)60(43(7)8)75(15)68(86)61(45(10)19-2)89-69(87)62(70(11,12)88)76(16)64(82)49(34-41(3)4)38-58(80)59(42(5)6)74(14)65(51)83/h20-24,26-31,35,40-45,49,51,53,55-56,59-62,88H,18-19,25,32-34,36-39H2,1-17H3,(H,72,81)/t44?,45?,49?,51-,53-,55-,56-,59-,60-,61+,62+/m0/s1. The molecule has 0 spiro atoms. The Kier molecular flexibility index (Phi) is 24.3. The van der Waals surface area contributed by atoms with Gasteiger partial charge in [0.2, 0.25) is 29.5 Å². The van der Waals surface area contributed by atoms with E-state index in [9.17, 15) is 19.5 Å². The summed E-state index contributed by atoms with van der Waals surface area (Å²) in [7, 11) is 7.72. The Morgan fingerprint density at radius 1 is 0.652 bits per heavy atom. The number of nitrogens with one attached hydrogen (secondary N) is 1. The lowest BCUT2D eigenvalue weighted by Crippen LogP contribution is -2.61. The highest BCUT2D eigenvalue weighted by Gasteiger charge is 2.48. The molecule has 2 aliphatic heterocycles. The SMILES string of the molecule is CCC(C)[C@@H]1CC(=O)[C@@H]2CCCN2C(=O)[C@H](Cc2cccc(-c3cccc4c3cnn4C)c2)N(C)C(=O)[C@H](Cc2ccccc2)NC(=O)[C@H](C(C)C)N(C)C(=O)[C@@H](C(C)CC)OC(=O)[C@H](C(C)(C)O)N(C)C(=O)C(CC(C)C)CC(=O)[C@H](C(C)C)N(C)C1=O. The third kappa shape index (κ3) is 16.6. The molecule has 2 aliphatic rings. The minimum absolute atomic E-state index is 0.0000516. The number of aliphatic hydroxyl groups is 1. The molecule has 89 heavy (non-hydrogen) atoms. The van der Waals surface area contributed by atoms with Crippen molar-refractivity contribution in [3.05, 3.63) is 90.1 Å². The number of rotatable bonds is 14. The van der Waals surface area contributed by atoms with Crippen LogP contribution in [0.2, 0.25) is 0 Å². The summed E-state index contributed by atoms with van der Waals surface area (Å²) in [5.41, 5.74) is 2.13. The smallest absolute Gasteiger partial charge is 0.332 e. The lowest BCUT2D eigenvalue weighted by molar-refractivity contribution is -0.178. The average molecular weight is 1230 g/mol. The number of likely N-dealkylation sites (N-methyl/N-ethyl adjacent to an activating group) is 4. The van der Waals surface area contributed by atoms with E-state index in [0.717, 1.165) is 26.9 Å². The predicted molar refractivity (Wildman–Crippen MR) is 343 cm³/mol. The number of cyclic esters (lactones) is 1. The number of amides is 6. The Labute approximate surface area is 527 Å². The molecule has 6 rings (SSSR count). The molecule has 0 aliphatic carbocycles. The second-order valence-corrected chi connectivity index (χ2v) is 27.0. The first-order chi connectivity index (χ1) is 41.8. The number of esters is 1. The lowest BCUT2D eigenvalue weighted by Gasteiger charge is -2.39. The number of ketones is 2. The molecule has 3 heterocycles. The monoisotopic (exact) mass is 1230 g/mol. The Balaban J connectivity index is 1.53. The molecule has 4 aromatic rings. The van der Waals surface area contributed by atoms with Crippen molar-refractivity contribution < 1.29 is 53.0 Å². The molecule has 0 bridgehead atoms. The summed E-state index contributed by atoms with van der Waals surface area (Å²) in [6, 6.07) is 15.3. The Morgan fingerprint density at radius 2 is 1.27 bits per heavy atom. The van der Waals surface area contributed by atoms with Crippen LogP contribution in [-0.4, -0.2) is 175 Å². The average Bonchev–Trinajstić information content (AvgIpc) is 2.14. The van der Waals surface area contributed by atoms with Crippen molar-refractivity contribution in [1.29, 1.82) is 0 Å². The number of nitrogens with zero attached hydrogens (tertiary/aromatic N) is 7. The summed E-state index contributed by atoms with van der Waals surface area (Å²) in [6.07, 6.45) is 1.52. The number of carbonyl (C=O) groups is 9. The first kappa shape index (κ1) is 70.8. The maximum atomic E-state index is 15.8. The highest BCUT2D eigenvalue weighted by Crippen LogP contribution is 2.34. The second kappa shape index (κ2) is 30.5. The quantitative estimate of drug-likeness (QED) is 0.114. The molecular weight excluding hydrogens is 1130 g/mol. The third-order valence-electron chi connectivity index (χ3n) is 18.7. The molecule has 11 atom stereocenters. The van der Waals surface area contributed by atoms with E-state index in [2.05, 4.69) is 10.4 Å². The van der Waals surface area contributed by atoms with E-state index in [0.29, 0.717) is 36.8 Å². The topological polar surface area (TPSA) is 229 Å². The van der Waals surface area contributed by atoms with E-state index in [4.69, 9.17) is 4.74 Å². The number of aryl methyl sites for hydroxylation is 1. The lowest BCUT2D eigenvalue weighted by atomic mass is 9.82. The van der Waals surface area contributed by atoms with Crippen LogP contribution in [0.25, 0.3) is 22.0 Å². The van der Waals surface area contributed by atoms with Crippen LogP contribution < -0.4 is 5.32 Å². The van der Waals surface area contributed by atoms with Crippen molar-refractivity contribution in [2.45, 2.75) is 189 Å². The zero-order valence-electron chi connectivity index (χ0n) is 55.8. The summed E-state index contributed by atoms with van der Waals surface area (Å²) >= 11 is 0. The number of Topliss-reactive ketones (excluding diaryl/α,β-unsaturated/α-hetero) is 2. The van der Waals surface area contributed by atoms with Crippen molar-refractivity contribution in [2.24, 2.45) is 48.5 Å². The summed E-state index contributed by atoms with van der Waals surface area (Å²) in [4.78, 5) is 144. The zero-order valence-corrected chi connectivity index (χ0v) is 55.8. The molecular formula is C70H100N8O11. The molecule has 0 radical (unpaired) electrons. The van der Waals surface area contributed by atoms with Gasteiger partial charge in [0.05, 0.1) is 29.4 Å². The maximum absolute atomic E-state index is 15.8. The van der Waals surface area contributed by atoms with Crippen molar-refractivity contribution in [2.75, 3.05) is 34.7 Å². The normalized spacial score (nSPS) is 25.1. The number of fused-ring (bicyclic) bond motifs is 2. The van der Waals surface area contributed by atoms with Crippen molar-refractivity contribution >= 4 is 63.9 Å². The molecule has 3 aromatic carbocycles. The van der Waals surface area contributed by atoms with E-state index in [1.54, 1.807) is 38.7 Å². The van der Waals surface area contributed by atoms with Crippen LogP contribution in [0.5, 0.6) is 0 Å². The number of benzene rings is 3. The molecule has 2 fully saturated rings. The molecule has 0 saturated carbocycles. The fraction of sp³-hybridized carbons (Fsp3) is 0.600. The molecule has 6 amide bonds. The van der Waals surface area contributed by atoms with Crippen molar-refractivity contribution in [3.63, 3.8) is 0 Å². The maximum Gasteiger partial charge on any atom is 0.332 e. The van der Waals surface area contributed by atoms with Gasteiger partial charge in [0.25, 0.3) is 5.91 Å². The number of aromatic nitrogens is 2. The van der Waals surface area contributed by atoms with Gasteiger partial charge in [-0.1, -0.05) is 142 Å². The summed E-state index contributed by atoms with van der Waals surface area (Å²) in [6.45, 7) is 21.1. The minimum atomic E-state index is -1.95. The van der Waals surface area contributed by atoms with Crippen LogP contribution in [0.15, 0.2) is 79.0 Å². The van der Waals surface area contributed by atoms with Crippen LogP contribution in [0.4, 0.5) is 0 Å². The minimum Gasteiger partial charge on any atom is -0.450 e. The molecule has 2 saturated heterocycles. The van der Waals surface area contributed by atoms with Gasteiger partial charge in [-0.2, -0.15) is 5.10 Å². The Bertz CT molecular complexity index is 3170. The summed E-state index contributed by atoms with van der Waals surface area (Å²) < 4.78 is 7.96. The predicted octanol–water partition coefficient (Wildman–Crippen LogP) is 8.11. The number of ether oxygens (including phenoxy) is 1. The Hall–Kier alpha value is -7.28. The van der Waals surface area contributed by atoms with Crippen molar-refractivity contribution in [3.8, 4) is 11.1 Å². The van der Waals surface area contributed by atoms with E-state index in [1.807, 2.05) is 128 Å². The molecule has 486 valence electrons. The van der Waals surface area contributed by atoms with Crippen LogP contribution >= 0.6 is 0 Å². The van der Waals surface area contributed by atoms with Gasteiger partial charge in [-0.3, -0.25) is 43.0 Å². The van der Waals surface area contributed by atoms with Crippen LogP contribution in [0.1, 0.15) is 139 Å². The van der Waals surface area contributed by atoms with E-state index < -0.39 is 125 Å². The van der Waals surface area contributed by atoms with Crippen LogP contribution in [-0.2, 0) is 67.8 Å². The molecule has 19 nitrogen and oxygen atoms in total. The molecule has 1 aromatic heterocycles. The van der Waals surface area contributed by atoms with Crippen LogP contribution in [0.3, 0.4) is 0 Å². The largest absolute Gasteiger partial charge is 0.450 e. The van der Waals surface area contributed by atoms with Gasteiger partial charge in [0, 0.05) is 90.6 Å². The summed E-state index contributed by atoms with van der Waals surface area (Å²) in [5, 5.41) is 20.2. The second-order valence-electron chi connectivity index (χ2n) is 27.0. The van der Waals surface area contributed by atoms with Gasteiger partial charge in [-0.25, -0.2) is 4.79 Å². The third-order valence-corrected chi connectivity index (χ3v) is 18.7. The van der Waals surface area contributed by atoms with Crippen molar-refractivity contribution in [1.82, 2.24) is 39.6 Å². The van der Waals surface area contributed by atoms with Gasteiger partial charge in [0.1, 0.15) is 18.1 Å². The number of carbonyl (C=O) groups excluding carboxylic acids is 9. The molecule has 2 N–H and O–H groups in total. The van der Waals surface area contributed by atoms with E-state index >= 15 is 28.8 Å². The van der Waals surface area contributed by atoms with E-state index in [1.165, 1.54) is 54.6 Å². The fourth-order valence-corrected chi connectivity index (χ4v) is 13.4. The zero-order chi connectivity index (χ0) is 66.1. The first-order valence-electron chi connectivity index (χ1n) is 32.0. The summed E-state index contributed by atoms with van der Waals surface area (Å²) in [5.74, 6) is -9.52. The molecule has 3 unspecified atom stereocenters. The Morgan fingerprint density at radius 3 is 1.88 bits per heavy atom. The van der Waals surface area contributed by atoms with E-state index in [-0.39, 0.29) is 56.3 Å². The number of hydrogen-bond acceptors (Lipinski definition) is 12. The highest BCUT2D eigenvalue weighted by molar-refractivity contribution is 6.00. The van der Waals surface area contributed by atoms with Crippen LogP contribution in [0, 0.1) is 41.4 Å². The molecule has 19 heteroatoms. The number of hydrogen-bond donors (Lipinski definition) is 2. The van der Waals surface area contributed by atoms with Gasteiger partial charge >= 0.3 is 5.97 Å². The first-order valence-corrected chi connectivity index (χ1v) is 32.0. The highest BCUT2D eigenvalue weighted by atomic mass is 16.6. The van der Waals surface area contributed by atoms with Gasteiger partial charge in [0.15, 0.2) is 23.7 Å². The fourth-order valence-electron chi connectivity index (χ4n) is 13.4. The van der Waals surface area contributed by atoms with Gasteiger partial charge in [-0.05, 0) is 91.5 Å².